The Morgan fingerprint density at radius 1 is 1.35 bits per heavy atom. The molecule has 8 heteroatoms. The Kier molecular flexibility index (Phi) is 6.83. The molecule has 0 radical (unpaired) electrons. The lowest BCUT2D eigenvalue weighted by Crippen LogP contribution is -2.43. The predicted octanol–water partition coefficient (Wildman–Crippen LogP) is -2.14. The summed E-state index contributed by atoms with van der Waals surface area (Å²) in [5.41, 5.74) is 0. The number of carboxylic acids is 1. The first-order valence-electron chi connectivity index (χ1n) is 4.81. The predicted molar refractivity (Wildman–Crippen MR) is 53.9 cm³/mol. The van der Waals surface area contributed by atoms with Gasteiger partial charge in [0, 0.05) is 6.92 Å². The van der Waals surface area contributed by atoms with Gasteiger partial charge in [-0.15, -0.1) is 0 Å². The monoisotopic (exact) mass is 249 g/mol. The summed E-state index contributed by atoms with van der Waals surface area (Å²) in [6, 6.07) is -1.31. The van der Waals surface area contributed by atoms with Crippen molar-refractivity contribution in [3.8, 4) is 0 Å². The van der Waals surface area contributed by atoms with E-state index in [2.05, 4.69) is 10.1 Å². The first kappa shape index (κ1) is 15.3. The largest absolute Gasteiger partial charge is 0.481 e. The third-order valence-electron chi connectivity index (χ3n) is 1.67. The van der Waals surface area contributed by atoms with Gasteiger partial charge < -0.3 is 25.4 Å². The average molecular weight is 249 g/mol. The second kappa shape index (κ2) is 7.58. The molecule has 0 aromatic rings. The number of amides is 1. The van der Waals surface area contributed by atoms with E-state index in [9.17, 15) is 14.4 Å². The van der Waals surface area contributed by atoms with Crippen LogP contribution in [0, 0.1) is 0 Å². The van der Waals surface area contributed by atoms with Crippen LogP contribution in [0.25, 0.3) is 0 Å². The molecule has 0 saturated carbocycles. The van der Waals surface area contributed by atoms with Crippen LogP contribution in [0.5, 0.6) is 0 Å². The molecule has 0 bridgehead atoms. The molecule has 1 amide bonds. The van der Waals surface area contributed by atoms with Crippen molar-refractivity contribution in [3.63, 3.8) is 0 Å². The highest BCUT2D eigenvalue weighted by atomic mass is 16.5. The smallest absolute Gasteiger partial charge is 0.329 e. The van der Waals surface area contributed by atoms with Crippen molar-refractivity contribution < 1.29 is 34.4 Å². The van der Waals surface area contributed by atoms with Crippen LogP contribution in [-0.4, -0.2) is 58.5 Å². The minimum atomic E-state index is -1.31. The fourth-order valence-electron chi connectivity index (χ4n) is 0.945. The summed E-state index contributed by atoms with van der Waals surface area (Å²) in [7, 11) is 0. The van der Waals surface area contributed by atoms with Gasteiger partial charge >= 0.3 is 11.9 Å². The molecule has 2 atom stereocenters. The molecule has 0 aromatic carbocycles. The molecule has 0 spiro atoms. The van der Waals surface area contributed by atoms with Crippen molar-refractivity contribution in [1.29, 1.82) is 0 Å². The average Bonchev–Trinajstić information content (AvgIpc) is 2.23. The normalized spacial score (nSPS) is 13.6. The van der Waals surface area contributed by atoms with Crippen LogP contribution < -0.4 is 5.32 Å². The number of ether oxygens (including phenoxy) is 1. The number of esters is 1. The summed E-state index contributed by atoms with van der Waals surface area (Å²) in [5, 5.41) is 28.0. The molecule has 8 nitrogen and oxygen atoms in total. The molecule has 98 valence electrons. The Bertz CT molecular complexity index is 275. The fourth-order valence-corrected chi connectivity index (χ4v) is 0.945. The molecule has 0 aliphatic heterocycles. The first-order chi connectivity index (χ1) is 7.86. The molecular weight excluding hydrogens is 234 g/mol. The van der Waals surface area contributed by atoms with Gasteiger partial charge in [-0.05, 0) is 0 Å². The van der Waals surface area contributed by atoms with Gasteiger partial charge in [-0.25, -0.2) is 4.79 Å². The van der Waals surface area contributed by atoms with Gasteiger partial charge in [0.25, 0.3) is 0 Å². The summed E-state index contributed by atoms with van der Waals surface area (Å²) in [4.78, 5) is 32.5. The molecule has 0 aliphatic rings. The molecule has 0 fully saturated rings. The molecular formula is C9H15NO7. The zero-order valence-electron chi connectivity index (χ0n) is 9.25. The zero-order valence-corrected chi connectivity index (χ0v) is 9.25. The third-order valence-corrected chi connectivity index (χ3v) is 1.67. The molecule has 1 unspecified atom stereocenters. The van der Waals surface area contributed by atoms with Gasteiger partial charge in [0.2, 0.25) is 5.91 Å². The Balaban J connectivity index is 4.31. The molecule has 4 N–H and O–H groups in total. The summed E-state index contributed by atoms with van der Waals surface area (Å²) in [5.74, 6) is -2.82. The van der Waals surface area contributed by atoms with Crippen LogP contribution in [0.4, 0.5) is 0 Å². The Morgan fingerprint density at radius 3 is 2.35 bits per heavy atom. The Labute approximate surface area is 97.2 Å². The highest BCUT2D eigenvalue weighted by molar-refractivity contribution is 5.86. The van der Waals surface area contributed by atoms with Gasteiger partial charge in [0.1, 0.15) is 18.8 Å². The van der Waals surface area contributed by atoms with Crippen LogP contribution in [-0.2, 0) is 19.1 Å². The number of hydrogen-bond donors (Lipinski definition) is 4. The topological polar surface area (TPSA) is 133 Å². The maximum atomic E-state index is 11.3. The van der Waals surface area contributed by atoms with E-state index in [1.807, 2.05) is 0 Å². The van der Waals surface area contributed by atoms with Crippen molar-refractivity contribution in [2.24, 2.45) is 0 Å². The lowest BCUT2D eigenvalue weighted by atomic mass is 10.2. The van der Waals surface area contributed by atoms with Crippen LogP contribution in [0.3, 0.4) is 0 Å². The summed E-state index contributed by atoms with van der Waals surface area (Å²) in [6.45, 7) is 0.0761. The minimum Gasteiger partial charge on any atom is -0.481 e. The summed E-state index contributed by atoms with van der Waals surface area (Å²) >= 11 is 0. The first-order valence-corrected chi connectivity index (χ1v) is 4.81. The number of hydrogen-bond acceptors (Lipinski definition) is 6. The van der Waals surface area contributed by atoms with E-state index < -0.39 is 49.6 Å². The van der Waals surface area contributed by atoms with Gasteiger partial charge in [-0.3, -0.25) is 9.59 Å². The maximum absolute atomic E-state index is 11.3. The number of aliphatic carboxylic acids is 1. The zero-order chi connectivity index (χ0) is 13.4. The highest BCUT2D eigenvalue weighted by Gasteiger charge is 2.24. The Morgan fingerprint density at radius 2 is 1.94 bits per heavy atom. The van der Waals surface area contributed by atoms with E-state index in [0.717, 1.165) is 6.92 Å². The summed E-state index contributed by atoms with van der Waals surface area (Å²) in [6.07, 6.45) is -1.85. The quantitative estimate of drug-likeness (QED) is 0.378. The number of aliphatic hydroxyl groups is 2. The molecule has 0 heterocycles. The van der Waals surface area contributed by atoms with Crippen molar-refractivity contribution >= 4 is 17.8 Å². The summed E-state index contributed by atoms with van der Waals surface area (Å²) < 4.78 is 4.53. The highest BCUT2D eigenvalue weighted by Crippen LogP contribution is 1.97. The standard InChI is InChI=1S/C9H15NO7/c1-5(12)10-7(2-8(14)15)9(16)17-4-6(13)3-11/h6-7,11,13H,2-4H2,1H3,(H,10,12)(H,14,15)/t6?,7-/m0/s1. The number of carbonyl (C=O) groups is 3. The van der Waals surface area contributed by atoms with Gasteiger partial charge in [0.05, 0.1) is 13.0 Å². The van der Waals surface area contributed by atoms with Crippen LogP contribution in [0.1, 0.15) is 13.3 Å². The number of nitrogens with one attached hydrogen (secondary N) is 1. The van der Waals surface area contributed by atoms with Crippen LogP contribution >= 0.6 is 0 Å². The van der Waals surface area contributed by atoms with E-state index in [1.165, 1.54) is 0 Å². The third kappa shape index (κ3) is 7.25. The van der Waals surface area contributed by atoms with Crippen molar-refractivity contribution in [2.75, 3.05) is 13.2 Å². The minimum absolute atomic E-state index is 0.467. The number of aliphatic hydroxyl groups excluding tert-OH is 2. The van der Waals surface area contributed by atoms with Crippen LogP contribution in [0.2, 0.25) is 0 Å². The van der Waals surface area contributed by atoms with Crippen molar-refractivity contribution in [1.82, 2.24) is 5.32 Å². The lowest BCUT2D eigenvalue weighted by molar-refractivity contribution is -0.154. The number of rotatable bonds is 7. The van der Waals surface area contributed by atoms with Crippen molar-refractivity contribution in [3.05, 3.63) is 0 Å². The van der Waals surface area contributed by atoms with E-state index in [1.54, 1.807) is 0 Å². The number of carbonyl (C=O) groups excluding carboxylic acids is 2. The van der Waals surface area contributed by atoms with E-state index in [0.29, 0.717) is 0 Å². The maximum Gasteiger partial charge on any atom is 0.329 e. The van der Waals surface area contributed by atoms with Crippen molar-refractivity contribution in [2.45, 2.75) is 25.5 Å². The number of carboxylic acid groups (broad SMARTS) is 1. The molecule has 0 aromatic heterocycles. The second-order valence-corrected chi connectivity index (χ2v) is 3.32. The van der Waals surface area contributed by atoms with Gasteiger partial charge in [-0.1, -0.05) is 0 Å². The second-order valence-electron chi connectivity index (χ2n) is 3.32. The van der Waals surface area contributed by atoms with Gasteiger partial charge in [0.15, 0.2) is 0 Å². The molecule has 17 heavy (non-hydrogen) atoms. The van der Waals surface area contributed by atoms with E-state index in [-0.39, 0.29) is 0 Å². The van der Waals surface area contributed by atoms with Gasteiger partial charge in [-0.2, -0.15) is 0 Å². The SMILES string of the molecule is CC(=O)N[C@@H](CC(=O)O)C(=O)OCC(O)CO. The van der Waals surface area contributed by atoms with E-state index >= 15 is 0 Å². The molecule has 0 saturated heterocycles. The fraction of sp³-hybridized carbons (Fsp3) is 0.667. The molecule has 0 aliphatic carbocycles. The molecule has 0 rings (SSSR count). The van der Waals surface area contributed by atoms with Crippen LogP contribution in [0.15, 0.2) is 0 Å². The lowest BCUT2D eigenvalue weighted by Gasteiger charge is -2.16. The van der Waals surface area contributed by atoms with E-state index in [4.69, 9.17) is 15.3 Å². The Hall–Kier alpha value is -1.67.